The number of aromatic nitrogens is 2. The van der Waals surface area contributed by atoms with E-state index in [2.05, 4.69) is 0 Å². The van der Waals surface area contributed by atoms with E-state index in [1.807, 2.05) is 95.8 Å². The molecule has 1 atom stereocenters. The van der Waals surface area contributed by atoms with Crippen molar-refractivity contribution in [3.63, 3.8) is 0 Å². The number of ether oxygens (including phenoxy) is 1. The number of amides is 1. The van der Waals surface area contributed by atoms with Crippen molar-refractivity contribution in [2.75, 3.05) is 7.11 Å². The minimum atomic E-state index is -0.923. The van der Waals surface area contributed by atoms with Crippen LogP contribution in [0.1, 0.15) is 42.9 Å². The predicted octanol–water partition coefficient (Wildman–Crippen LogP) is 5.48. The molecule has 0 bridgehead atoms. The molecule has 0 spiro atoms. The zero-order valence-corrected chi connectivity index (χ0v) is 21.0. The van der Waals surface area contributed by atoms with E-state index in [0.717, 1.165) is 39.5 Å². The number of nitrogens with zero attached hydrogens (tertiary/aromatic N) is 4. The average molecular weight is 509 g/mol. The maximum absolute atomic E-state index is 13.4. The molecule has 0 aliphatic carbocycles. The number of para-hydroxylation sites is 1. The summed E-state index contributed by atoms with van der Waals surface area (Å²) in [6.07, 6.45) is 2.74. The molecule has 0 fully saturated rings. The highest BCUT2D eigenvalue weighted by Gasteiger charge is 2.36. The number of hydrogen-bond acceptors (Lipinski definition) is 5. The van der Waals surface area contributed by atoms with Gasteiger partial charge in [-0.2, -0.15) is 10.2 Å². The smallest absolute Gasteiger partial charge is 0.303 e. The van der Waals surface area contributed by atoms with Crippen molar-refractivity contribution in [2.24, 2.45) is 5.10 Å². The van der Waals surface area contributed by atoms with Crippen LogP contribution in [0.4, 0.5) is 0 Å². The molecule has 5 rings (SSSR count). The van der Waals surface area contributed by atoms with Crippen molar-refractivity contribution in [1.82, 2.24) is 14.8 Å². The molecule has 8 nitrogen and oxygen atoms in total. The first-order chi connectivity index (χ1) is 18.5. The number of aliphatic carboxylic acids is 1. The average Bonchev–Trinajstić information content (AvgIpc) is 3.59. The number of carbonyl (C=O) groups is 2. The number of hydrogen-bond donors (Lipinski definition) is 1. The Balaban J connectivity index is 1.56. The third-order valence-corrected chi connectivity index (χ3v) is 6.54. The van der Waals surface area contributed by atoms with Gasteiger partial charge in [0, 0.05) is 36.6 Å². The fourth-order valence-electron chi connectivity index (χ4n) is 4.61. The summed E-state index contributed by atoms with van der Waals surface area (Å²) in [7, 11) is 1.62. The standard InChI is InChI=1S/C30H28N4O4/c1-38-24-17-15-21(16-18-24)26-19-27(34(31-26)28(35)13-8-14-29(36)37)25-20-33(23-11-6-3-7-12-23)32-30(25)22-9-4-2-5-10-22/h2-7,9-12,15-18,20,27H,8,13-14,19H2,1H3,(H,36,37)/t27-/m1/s1. The van der Waals surface area contributed by atoms with Gasteiger partial charge in [-0.3, -0.25) is 9.59 Å². The Morgan fingerprint density at radius 1 is 0.921 bits per heavy atom. The lowest BCUT2D eigenvalue weighted by Gasteiger charge is -2.22. The molecule has 0 unspecified atom stereocenters. The zero-order chi connectivity index (χ0) is 26.5. The third-order valence-electron chi connectivity index (χ3n) is 6.54. The predicted molar refractivity (Wildman–Crippen MR) is 144 cm³/mol. The van der Waals surface area contributed by atoms with E-state index >= 15 is 0 Å². The molecule has 1 aliphatic rings. The van der Waals surface area contributed by atoms with Gasteiger partial charge < -0.3 is 9.84 Å². The Labute approximate surface area is 220 Å². The van der Waals surface area contributed by atoms with E-state index in [-0.39, 0.29) is 25.2 Å². The fourth-order valence-corrected chi connectivity index (χ4v) is 4.61. The van der Waals surface area contributed by atoms with Crippen LogP contribution in [0.25, 0.3) is 16.9 Å². The largest absolute Gasteiger partial charge is 0.497 e. The summed E-state index contributed by atoms with van der Waals surface area (Å²) < 4.78 is 7.12. The molecule has 2 heterocycles. The van der Waals surface area contributed by atoms with E-state index in [1.165, 1.54) is 5.01 Å². The Morgan fingerprint density at radius 2 is 1.61 bits per heavy atom. The summed E-state index contributed by atoms with van der Waals surface area (Å²) in [5, 5.41) is 20.3. The van der Waals surface area contributed by atoms with E-state index < -0.39 is 12.0 Å². The molecule has 1 aliphatic heterocycles. The Bertz CT molecular complexity index is 1450. The van der Waals surface area contributed by atoms with Gasteiger partial charge in [0.1, 0.15) is 5.75 Å². The lowest BCUT2D eigenvalue weighted by Crippen LogP contribution is -2.27. The summed E-state index contributed by atoms with van der Waals surface area (Å²) in [5.41, 5.74) is 5.16. The Hall–Kier alpha value is -4.72. The molecule has 8 heteroatoms. The van der Waals surface area contributed by atoms with Gasteiger partial charge in [-0.05, 0) is 48.4 Å². The summed E-state index contributed by atoms with van der Waals surface area (Å²) >= 11 is 0. The third kappa shape index (κ3) is 5.34. The summed E-state index contributed by atoms with van der Waals surface area (Å²) in [6.45, 7) is 0. The van der Waals surface area contributed by atoms with Crippen molar-refractivity contribution in [3.8, 4) is 22.7 Å². The van der Waals surface area contributed by atoms with E-state index in [4.69, 9.17) is 20.0 Å². The number of hydrazone groups is 1. The molecule has 3 aromatic carbocycles. The maximum Gasteiger partial charge on any atom is 0.303 e. The van der Waals surface area contributed by atoms with Crippen LogP contribution in [0.15, 0.2) is 96.2 Å². The minimum absolute atomic E-state index is 0.0689. The molecule has 38 heavy (non-hydrogen) atoms. The van der Waals surface area contributed by atoms with Crippen LogP contribution in [0.3, 0.4) is 0 Å². The number of methoxy groups -OCH3 is 1. The van der Waals surface area contributed by atoms with Crippen molar-refractivity contribution >= 4 is 17.6 Å². The zero-order valence-electron chi connectivity index (χ0n) is 21.0. The number of carboxylic acid groups (broad SMARTS) is 1. The van der Waals surface area contributed by atoms with Gasteiger partial charge in [-0.1, -0.05) is 48.5 Å². The number of carbonyl (C=O) groups excluding carboxylic acids is 1. The van der Waals surface area contributed by atoms with E-state index in [1.54, 1.807) is 7.11 Å². The quantitative estimate of drug-likeness (QED) is 0.323. The molecule has 192 valence electrons. The fraction of sp³-hybridized carbons (Fsp3) is 0.200. The van der Waals surface area contributed by atoms with Gasteiger partial charge in [0.15, 0.2) is 0 Å². The lowest BCUT2D eigenvalue weighted by molar-refractivity contribution is -0.137. The summed E-state index contributed by atoms with van der Waals surface area (Å²) in [4.78, 5) is 24.4. The van der Waals surface area contributed by atoms with Crippen molar-refractivity contribution in [1.29, 1.82) is 0 Å². The highest BCUT2D eigenvalue weighted by atomic mass is 16.5. The molecule has 0 radical (unpaired) electrons. The van der Waals surface area contributed by atoms with Crippen LogP contribution in [0, 0.1) is 0 Å². The van der Waals surface area contributed by atoms with Crippen LogP contribution in [-0.4, -0.2) is 44.6 Å². The van der Waals surface area contributed by atoms with Crippen LogP contribution in [0.2, 0.25) is 0 Å². The van der Waals surface area contributed by atoms with Crippen molar-refractivity contribution in [3.05, 3.63) is 102 Å². The second kappa shape index (κ2) is 11.1. The van der Waals surface area contributed by atoms with Crippen LogP contribution >= 0.6 is 0 Å². The van der Waals surface area contributed by atoms with Crippen molar-refractivity contribution < 1.29 is 19.4 Å². The molecule has 4 aromatic rings. The lowest BCUT2D eigenvalue weighted by atomic mass is 9.96. The van der Waals surface area contributed by atoms with E-state index in [9.17, 15) is 9.59 Å². The maximum atomic E-state index is 13.4. The number of rotatable bonds is 9. The number of benzene rings is 3. The van der Waals surface area contributed by atoms with Gasteiger partial charge in [0.05, 0.1) is 30.2 Å². The van der Waals surface area contributed by atoms with E-state index in [0.29, 0.717) is 6.42 Å². The Morgan fingerprint density at radius 3 is 2.26 bits per heavy atom. The van der Waals surface area contributed by atoms with Crippen LogP contribution in [0.5, 0.6) is 5.75 Å². The summed E-state index contributed by atoms with van der Waals surface area (Å²) in [5.74, 6) is -0.402. The molecular weight excluding hydrogens is 480 g/mol. The minimum Gasteiger partial charge on any atom is -0.497 e. The Kier molecular flexibility index (Phi) is 7.31. The van der Waals surface area contributed by atoms with Gasteiger partial charge in [-0.25, -0.2) is 9.69 Å². The topological polar surface area (TPSA) is 97.0 Å². The van der Waals surface area contributed by atoms with Gasteiger partial charge in [0.2, 0.25) is 5.91 Å². The monoisotopic (exact) mass is 508 g/mol. The molecule has 0 saturated carbocycles. The SMILES string of the molecule is COc1ccc(C2=NN(C(=O)CCCC(=O)O)[C@@H](c3cn(-c4ccccc4)nc3-c3ccccc3)C2)cc1. The first-order valence-electron chi connectivity index (χ1n) is 12.5. The second-order valence-electron chi connectivity index (χ2n) is 9.06. The van der Waals surface area contributed by atoms with Gasteiger partial charge >= 0.3 is 5.97 Å². The first-order valence-corrected chi connectivity index (χ1v) is 12.5. The highest BCUT2D eigenvalue weighted by molar-refractivity contribution is 6.03. The molecule has 1 amide bonds. The van der Waals surface area contributed by atoms with Gasteiger partial charge in [0.25, 0.3) is 0 Å². The molecule has 1 aromatic heterocycles. The second-order valence-corrected chi connectivity index (χ2v) is 9.06. The number of carboxylic acids is 1. The van der Waals surface area contributed by atoms with Crippen LogP contribution in [-0.2, 0) is 9.59 Å². The van der Waals surface area contributed by atoms with Crippen molar-refractivity contribution in [2.45, 2.75) is 31.7 Å². The first kappa shape index (κ1) is 25.0. The van der Waals surface area contributed by atoms with Crippen LogP contribution < -0.4 is 4.74 Å². The summed E-state index contributed by atoms with van der Waals surface area (Å²) in [6, 6.07) is 26.9. The molecule has 1 N–H and O–H groups in total. The molecular formula is C30H28N4O4. The highest BCUT2D eigenvalue weighted by Crippen LogP contribution is 2.39. The molecule has 0 saturated heterocycles. The normalized spacial score (nSPS) is 14.8. The van der Waals surface area contributed by atoms with Gasteiger partial charge in [-0.15, -0.1) is 0 Å².